The van der Waals surface area contributed by atoms with E-state index in [1.165, 1.54) is 11.6 Å². The monoisotopic (exact) mass is 335 g/mol. The highest BCUT2D eigenvalue weighted by molar-refractivity contribution is 5.89. The number of fused-ring (bicyclic) bond motifs is 1. The van der Waals surface area contributed by atoms with Crippen LogP contribution in [0.5, 0.6) is 0 Å². The fourth-order valence-electron chi connectivity index (χ4n) is 3.05. The quantitative estimate of drug-likeness (QED) is 0.673. The van der Waals surface area contributed by atoms with Crippen LogP contribution in [0, 0.1) is 0 Å². The number of aryl methyl sites for hydroxylation is 1. The number of benzene rings is 2. The first kappa shape index (κ1) is 17.0. The molecular formula is C21H21NO3. The fraction of sp³-hybridized carbons (Fsp3) is 0.238. The van der Waals surface area contributed by atoms with E-state index in [9.17, 15) is 9.59 Å². The van der Waals surface area contributed by atoms with Gasteiger partial charge in [-0.3, -0.25) is 4.79 Å². The Labute approximate surface area is 147 Å². The molecule has 0 heterocycles. The summed E-state index contributed by atoms with van der Waals surface area (Å²) >= 11 is 0. The van der Waals surface area contributed by atoms with E-state index in [1.807, 2.05) is 48.5 Å². The number of amides is 1. The second-order valence-corrected chi connectivity index (χ2v) is 6.06. The SMILES string of the molecule is O=C(COC(=O)/C=C/c1ccccc1)N[C@@H]1CCCc2ccccc21. The van der Waals surface area contributed by atoms with Crippen molar-refractivity contribution in [3.05, 3.63) is 77.4 Å². The molecule has 0 fully saturated rings. The number of carbonyl (C=O) groups excluding carboxylic acids is 2. The molecule has 1 atom stereocenters. The van der Waals surface area contributed by atoms with Crippen LogP contribution < -0.4 is 5.32 Å². The summed E-state index contributed by atoms with van der Waals surface area (Å²) in [5.74, 6) is -0.800. The van der Waals surface area contributed by atoms with Gasteiger partial charge in [-0.25, -0.2) is 4.79 Å². The molecule has 2 aromatic carbocycles. The lowest BCUT2D eigenvalue weighted by atomic mass is 9.88. The zero-order valence-corrected chi connectivity index (χ0v) is 14.0. The summed E-state index contributed by atoms with van der Waals surface area (Å²) in [6, 6.07) is 17.6. The third-order valence-corrected chi connectivity index (χ3v) is 4.26. The average Bonchev–Trinajstić information content (AvgIpc) is 2.66. The van der Waals surface area contributed by atoms with Gasteiger partial charge in [0.15, 0.2) is 6.61 Å². The highest BCUT2D eigenvalue weighted by Gasteiger charge is 2.21. The van der Waals surface area contributed by atoms with Crippen molar-refractivity contribution in [2.75, 3.05) is 6.61 Å². The third kappa shape index (κ3) is 4.80. The van der Waals surface area contributed by atoms with Crippen LogP contribution in [0.4, 0.5) is 0 Å². The molecule has 3 rings (SSSR count). The predicted octanol–water partition coefficient (Wildman–Crippen LogP) is 3.44. The molecule has 0 saturated carbocycles. The molecule has 4 nitrogen and oxygen atoms in total. The number of ether oxygens (including phenoxy) is 1. The number of hydrogen-bond acceptors (Lipinski definition) is 3. The van der Waals surface area contributed by atoms with Crippen molar-refractivity contribution in [3.63, 3.8) is 0 Å². The Bertz CT molecular complexity index is 768. The van der Waals surface area contributed by atoms with Gasteiger partial charge in [0.25, 0.3) is 5.91 Å². The summed E-state index contributed by atoms with van der Waals surface area (Å²) in [5, 5.41) is 2.96. The first-order valence-electron chi connectivity index (χ1n) is 8.49. The molecule has 2 aromatic rings. The Balaban J connectivity index is 1.49. The van der Waals surface area contributed by atoms with Gasteiger partial charge in [-0.1, -0.05) is 54.6 Å². The van der Waals surface area contributed by atoms with Crippen molar-refractivity contribution < 1.29 is 14.3 Å². The topological polar surface area (TPSA) is 55.4 Å². The van der Waals surface area contributed by atoms with Gasteiger partial charge in [-0.2, -0.15) is 0 Å². The summed E-state index contributed by atoms with van der Waals surface area (Å²) in [6.07, 6.45) is 5.99. The maximum Gasteiger partial charge on any atom is 0.331 e. The lowest BCUT2D eigenvalue weighted by molar-refractivity contribution is -0.144. The minimum atomic E-state index is -0.525. The van der Waals surface area contributed by atoms with E-state index in [0.29, 0.717) is 0 Å². The van der Waals surface area contributed by atoms with Crippen LogP contribution in [0.15, 0.2) is 60.7 Å². The maximum absolute atomic E-state index is 12.1. The van der Waals surface area contributed by atoms with Crippen LogP contribution in [-0.4, -0.2) is 18.5 Å². The Morgan fingerprint density at radius 2 is 1.84 bits per heavy atom. The number of carbonyl (C=O) groups is 2. The Hall–Kier alpha value is -2.88. The van der Waals surface area contributed by atoms with Crippen LogP contribution in [-0.2, 0) is 20.7 Å². The summed E-state index contributed by atoms with van der Waals surface area (Å²) in [5.41, 5.74) is 3.35. The molecule has 25 heavy (non-hydrogen) atoms. The molecular weight excluding hydrogens is 314 g/mol. The maximum atomic E-state index is 12.1. The van der Waals surface area contributed by atoms with E-state index in [4.69, 9.17) is 4.74 Å². The summed E-state index contributed by atoms with van der Waals surface area (Å²) in [6.45, 7) is -0.267. The van der Waals surface area contributed by atoms with Gasteiger partial charge in [-0.05, 0) is 42.0 Å². The molecule has 0 radical (unpaired) electrons. The highest BCUT2D eigenvalue weighted by Crippen LogP contribution is 2.29. The fourth-order valence-corrected chi connectivity index (χ4v) is 3.05. The van der Waals surface area contributed by atoms with Gasteiger partial charge in [0.1, 0.15) is 0 Å². The van der Waals surface area contributed by atoms with E-state index >= 15 is 0 Å². The molecule has 1 amide bonds. The van der Waals surface area contributed by atoms with Crippen LogP contribution in [0.2, 0.25) is 0 Å². The van der Waals surface area contributed by atoms with E-state index in [-0.39, 0.29) is 18.6 Å². The largest absolute Gasteiger partial charge is 0.452 e. The summed E-state index contributed by atoms with van der Waals surface area (Å²) in [7, 11) is 0. The lowest BCUT2D eigenvalue weighted by Gasteiger charge is -2.26. The molecule has 0 aliphatic heterocycles. The van der Waals surface area contributed by atoms with Gasteiger partial charge in [-0.15, -0.1) is 0 Å². The molecule has 0 saturated heterocycles. The smallest absolute Gasteiger partial charge is 0.331 e. The zero-order chi connectivity index (χ0) is 17.5. The van der Waals surface area contributed by atoms with Gasteiger partial charge in [0.2, 0.25) is 0 Å². The number of esters is 1. The van der Waals surface area contributed by atoms with Crippen LogP contribution >= 0.6 is 0 Å². The second kappa shape index (κ2) is 8.29. The van der Waals surface area contributed by atoms with Crippen LogP contribution in [0.25, 0.3) is 6.08 Å². The minimum Gasteiger partial charge on any atom is -0.452 e. The number of rotatable bonds is 5. The Morgan fingerprint density at radius 3 is 2.68 bits per heavy atom. The Kier molecular flexibility index (Phi) is 5.62. The number of hydrogen-bond donors (Lipinski definition) is 1. The average molecular weight is 335 g/mol. The zero-order valence-electron chi connectivity index (χ0n) is 14.0. The molecule has 1 N–H and O–H groups in total. The third-order valence-electron chi connectivity index (χ3n) is 4.26. The molecule has 4 heteroatoms. The van der Waals surface area contributed by atoms with Crippen molar-refractivity contribution in [1.29, 1.82) is 0 Å². The van der Waals surface area contributed by atoms with E-state index in [0.717, 1.165) is 30.4 Å². The molecule has 1 aliphatic rings. The van der Waals surface area contributed by atoms with Crippen molar-refractivity contribution in [1.82, 2.24) is 5.32 Å². The van der Waals surface area contributed by atoms with Gasteiger partial charge < -0.3 is 10.1 Å². The molecule has 0 unspecified atom stereocenters. The number of nitrogens with one attached hydrogen (secondary N) is 1. The second-order valence-electron chi connectivity index (χ2n) is 6.06. The highest BCUT2D eigenvalue weighted by atomic mass is 16.5. The van der Waals surface area contributed by atoms with Crippen molar-refractivity contribution >= 4 is 18.0 Å². The molecule has 128 valence electrons. The van der Waals surface area contributed by atoms with Crippen molar-refractivity contribution in [2.45, 2.75) is 25.3 Å². The first-order chi connectivity index (χ1) is 12.2. The Morgan fingerprint density at radius 1 is 1.08 bits per heavy atom. The molecule has 0 aromatic heterocycles. The molecule has 0 bridgehead atoms. The summed E-state index contributed by atoms with van der Waals surface area (Å²) < 4.78 is 5.02. The molecule has 1 aliphatic carbocycles. The molecule has 0 spiro atoms. The van der Waals surface area contributed by atoms with E-state index in [1.54, 1.807) is 6.08 Å². The normalized spacial score (nSPS) is 16.2. The van der Waals surface area contributed by atoms with Crippen LogP contribution in [0.1, 0.15) is 35.6 Å². The van der Waals surface area contributed by atoms with Crippen molar-refractivity contribution in [2.24, 2.45) is 0 Å². The van der Waals surface area contributed by atoms with Crippen LogP contribution in [0.3, 0.4) is 0 Å². The van der Waals surface area contributed by atoms with Gasteiger partial charge >= 0.3 is 5.97 Å². The minimum absolute atomic E-state index is 0.00369. The standard InChI is InChI=1S/C21H21NO3/c23-20(15-25-21(24)14-13-16-7-2-1-3-8-16)22-19-12-6-10-17-9-4-5-11-18(17)19/h1-5,7-9,11,13-14,19H,6,10,12,15H2,(H,22,23)/b14-13+/t19-/m1/s1. The lowest BCUT2D eigenvalue weighted by Crippen LogP contribution is -2.34. The summed E-state index contributed by atoms with van der Waals surface area (Å²) in [4.78, 5) is 23.8. The first-order valence-corrected chi connectivity index (χ1v) is 8.49. The van der Waals surface area contributed by atoms with Gasteiger partial charge in [0, 0.05) is 6.08 Å². The van der Waals surface area contributed by atoms with Gasteiger partial charge in [0.05, 0.1) is 6.04 Å². The predicted molar refractivity (Wildman–Crippen MR) is 96.7 cm³/mol. The van der Waals surface area contributed by atoms with E-state index in [2.05, 4.69) is 11.4 Å². The van der Waals surface area contributed by atoms with E-state index < -0.39 is 5.97 Å². The van der Waals surface area contributed by atoms with Crippen molar-refractivity contribution in [3.8, 4) is 0 Å².